The summed E-state index contributed by atoms with van der Waals surface area (Å²) in [6.45, 7) is 3.74. The highest BCUT2D eigenvalue weighted by Crippen LogP contribution is 2.19. The maximum atomic E-state index is 12.4. The van der Waals surface area contributed by atoms with Gasteiger partial charge in [-0.15, -0.1) is 0 Å². The van der Waals surface area contributed by atoms with Crippen LogP contribution in [0.1, 0.15) is 0 Å². The lowest BCUT2D eigenvalue weighted by atomic mass is 10.3. The van der Waals surface area contributed by atoms with Crippen LogP contribution in [0.4, 0.5) is 5.69 Å². The van der Waals surface area contributed by atoms with E-state index in [2.05, 4.69) is 11.0 Å². The molecule has 1 saturated heterocycles. The van der Waals surface area contributed by atoms with Gasteiger partial charge in [-0.1, -0.05) is 0 Å². The standard InChI is InChI=1S/C13H18N3O5S/c1-14(5-6-15-7-9-21-10-8-15)22(19,20)13-4-2-3-12(11-13)16(17)18/h2-3,11H,5-10H2,1H3. The van der Waals surface area contributed by atoms with E-state index in [4.69, 9.17) is 4.74 Å². The van der Waals surface area contributed by atoms with Crippen LogP contribution in [0.3, 0.4) is 0 Å². The number of nitro groups is 1. The molecule has 1 aromatic carbocycles. The number of nitro benzene ring substituents is 1. The second kappa shape index (κ2) is 7.14. The first-order chi connectivity index (χ1) is 10.4. The van der Waals surface area contributed by atoms with Crippen LogP contribution in [0.2, 0.25) is 0 Å². The van der Waals surface area contributed by atoms with Crippen molar-refractivity contribution in [1.29, 1.82) is 0 Å². The van der Waals surface area contributed by atoms with Gasteiger partial charge in [0.05, 0.1) is 23.0 Å². The summed E-state index contributed by atoms with van der Waals surface area (Å²) in [4.78, 5) is 12.1. The molecule has 1 aromatic rings. The van der Waals surface area contributed by atoms with E-state index in [0.717, 1.165) is 19.2 Å². The zero-order valence-corrected chi connectivity index (χ0v) is 13.1. The van der Waals surface area contributed by atoms with Gasteiger partial charge in [0, 0.05) is 51.4 Å². The fourth-order valence-corrected chi connectivity index (χ4v) is 3.24. The topological polar surface area (TPSA) is 93.0 Å². The van der Waals surface area contributed by atoms with Gasteiger partial charge in [0.1, 0.15) is 0 Å². The Hall–Kier alpha value is -1.55. The number of non-ortho nitro benzene ring substituents is 1. The summed E-state index contributed by atoms with van der Waals surface area (Å²) in [6.07, 6.45) is 0. The lowest BCUT2D eigenvalue weighted by Gasteiger charge is -2.28. The molecule has 0 unspecified atom stereocenters. The molecule has 1 aliphatic heterocycles. The van der Waals surface area contributed by atoms with Gasteiger partial charge in [-0.2, -0.15) is 4.31 Å². The van der Waals surface area contributed by atoms with E-state index in [1.54, 1.807) is 0 Å². The third-order valence-electron chi connectivity index (χ3n) is 3.49. The third-order valence-corrected chi connectivity index (χ3v) is 5.29. The van der Waals surface area contributed by atoms with Gasteiger partial charge >= 0.3 is 0 Å². The Labute approximate surface area is 129 Å². The minimum absolute atomic E-state index is 0.189. The molecule has 0 amide bonds. The van der Waals surface area contributed by atoms with E-state index >= 15 is 0 Å². The zero-order valence-electron chi connectivity index (χ0n) is 12.3. The Morgan fingerprint density at radius 1 is 1.45 bits per heavy atom. The number of likely N-dealkylation sites (N-methyl/N-ethyl adjacent to an activating group) is 1. The fourth-order valence-electron chi connectivity index (χ4n) is 2.09. The quantitative estimate of drug-likeness (QED) is 0.552. The number of benzene rings is 1. The van der Waals surface area contributed by atoms with E-state index in [0.29, 0.717) is 26.3 Å². The van der Waals surface area contributed by atoms with Gasteiger partial charge in [-0.25, -0.2) is 8.42 Å². The van der Waals surface area contributed by atoms with Crippen molar-refractivity contribution >= 4 is 15.7 Å². The molecule has 0 saturated carbocycles. The van der Waals surface area contributed by atoms with Crippen LogP contribution in [-0.2, 0) is 14.8 Å². The first kappa shape index (κ1) is 16.8. The maximum absolute atomic E-state index is 12.4. The van der Waals surface area contributed by atoms with Crippen LogP contribution in [0.15, 0.2) is 23.1 Å². The molecule has 1 fully saturated rings. The summed E-state index contributed by atoms with van der Waals surface area (Å²) in [5, 5.41) is 10.7. The fraction of sp³-hybridized carbons (Fsp3) is 0.538. The average Bonchev–Trinajstić information content (AvgIpc) is 2.53. The number of rotatable bonds is 6. The Balaban J connectivity index is 2.05. The normalized spacial score (nSPS) is 16.8. The Kier molecular flexibility index (Phi) is 5.46. The molecule has 8 nitrogen and oxygen atoms in total. The summed E-state index contributed by atoms with van der Waals surface area (Å²) < 4.78 is 31.2. The number of nitrogens with zero attached hydrogens (tertiary/aromatic N) is 3. The van der Waals surface area contributed by atoms with Crippen molar-refractivity contribution in [2.24, 2.45) is 0 Å². The van der Waals surface area contributed by atoms with Crippen LogP contribution < -0.4 is 0 Å². The molecule has 0 aromatic heterocycles. The molecular formula is C13H18N3O5S. The van der Waals surface area contributed by atoms with Gasteiger partial charge in [-0.05, 0) is 6.07 Å². The van der Waals surface area contributed by atoms with Crippen molar-refractivity contribution in [3.63, 3.8) is 0 Å². The van der Waals surface area contributed by atoms with Gasteiger partial charge in [-0.3, -0.25) is 15.0 Å². The van der Waals surface area contributed by atoms with Crippen molar-refractivity contribution < 1.29 is 18.1 Å². The molecule has 0 spiro atoms. The predicted molar refractivity (Wildman–Crippen MR) is 79.0 cm³/mol. The van der Waals surface area contributed by atoms with Gasteiger partial charge in [0.25, 0.3) is 5.69 Å². The molecule has 0 bridgehead atoms. The number of morpholine rings is 1. The van der Waals surface area contributed by atoms with E-state index in [-0.39, 0.29) is 10.6 Å². The molecule has 1 radical (unpaired) electrons. The van der Waals surface area contributed by atoms with Crippen LogP contribution in [-0.4, -0.2) is 69.0 Å². The number of hydrogen-bond acceptors (Lipinski definition) is 6. The monoisotopic (exact) mass is 328 g/mol. The number of hydrogen-bond donors (Lipinski definition) is 0. The highest BCUT2D eigenvalue weighted by Gasteiger charge is 2.23. The van der Waals surface area contributed by atoms with Crippen LogP contribution in [0.25, 0.3) is 0 Å². The first-order valence-corrected chi connectivity index (χ1v) is 8.28. The van der Waals surface area contributed by atoms with Crippen molar-refractivity contribution in [3.8, 4) is 0 Å². The third kappa shape index (κ3) is 4.01. The molecule has 0 aliphatic carbocycles. The molecule has 22 heavy (non-hydrogen) atoms. The first-order valence-electron chi connectivity index (χ1n) is 6.84. The summed E-state index contributed by atoms with van der Waals surface area (Å²) in [5.74, 6) is 0. The molecule has 9 heteroatoms. The van der Waals surface area contributed by atoms with Gasteiger partial charge in [0.2, 0.25) is 10.0 Å². The van der Waals surface area contributed by atoms with Crippen molar-refractivity contribution in [2.45, 2.75) is 4.90 Å². The highest BCUT2D eigenvalue weighted by molar-refractivity contribution is 7.89. The van der Waals surface area contributed by atoms with Gasteiger partial charge in [0.15, 0.2) is 0 Å². The number of sulfonamides is 1. The lowest BCUT2D eigenvalue weighted by molar-refractivity contribution is -0.385. The smallest absolute Gasteiger partial charge is 0.270 e. The van der Waals surface area contributed by atoms with Crippen LogP contribution >= 0.6 is 0 Å². The summed E-state index contributed by atoms with van der Waals surface area (Å²) in [6, 6.07) is 6.05. The lowest BCUT2D eigenvalue weighted by Crippen LogP contribution is -2.41. The molecule has 121 valence electrons. The second-order valence-corrected chi connectivity index (χ2v) is 6.96. The van der Waals surface area contributed by atoms with Crippen molar-refractivity contribution in [1.82, 2.24) is 9.21 Å². The summed E-state index contributed by atoms with van der Waals surface area (Å²) in [5.41, 5.74) is -0.265. The molecule has 0 N–H and O–H groups in total. The second-order valence-electron chi connectivity index (χ2n) is 4.95. The minimum atomic E-state index is -3.78. The summed E-state index contributed by atoms with van der Waals surface area (Å²) >= 11 is 0. The summed E-state index contributed by atoms with van der Waals surface area (Å²) in [7, 11) is -2.32. The molecular weight excluding hydrogens is 310 g/mol. The van der Waals surface area contributed by atoms with Crippen molar-refractivity contribution in [3.05, 3.63) is 34.4 Å². The van der Waals surface area contributed by atoms with Gasteiger partial charge < -0.3 is 4.74 Å². The predicted octanol–water partition coefficient (Wildman–Crippen LogP) is 0.348. The Morgan fingerprint density at radius 2 is 2.14 bits per heavy atom. The SMILES string of the molecule is CN(CCN1CCOCC1)S(=O)(=O)c1[c]ccc([N+](=O)[O-])c1. The van der Waals surface area contributed by atoms with Crippen molar-refractivity contribution in [2.75, 3.05) is 46.4 Å². The molecule has 2 rings (SSSR count). The average molecular weight is 328 g/mol. The van der Waals surface area contributed by atoms with Crippen LogP contribution in [0, 0.1) is 16.2 Å². The maximum Gasteiger partial charge on any atom is 0.270 e. The number of ether oxygens (including phenoxy) is 1. The zero-order chi connectivity index (χ0) is 16.2. The van der Waals surface area contributed by atoms with E-state index in [1.807, 2.05) is 0 Å². The molecule has 0 atom stereocenters. The minimum Gasteiger partial charge on any atom is -0.379 e. The Morgan fingerprint density at radius 3 is 2.77 bits per heavy atom. The Bertz CT molecular complexity index is 628. The van der Waals surface area contributed by atoms with E-state index < -0.39 is 14.9 Å². The largest absolute Gasteiger partial charge is 0.379 e. The highest BCUT2D eigenvalue weighted by atomic mass is 32.2. The molecule has 1 heterocycles. The molecule has 1 aliphatic rings. The van der Waals surface area contributed by atoms with E-state index in [9.17, 15) is 18.5 Å². The van der Waals surface area contributed by atoms with Crippen LogP contribution in [0.5, 0.6) is 0 Å². The van der Waals surface area contributed by atoms with E-state index in [1.165, 1.54) is 23.5 Å².